The fourth-order valence-corrected chi connectivity index (χ4v) is 3.02. The Morgan fingerprint density at radius 3 is 3.00 bits per heavy atom. The number of hydrogen-bond donors (Lipinski definition) is 1. The summed E-state index contributed by atoms with van der Waals surface area (Å²) in [5, 5.41) is 9.58. The summed E-state index contributed by atoms with van der Waals surface area (Å²) in [4.78, 5) is 14.0. The minimum absolute atomic E-state index is 0.142. The molecule has 1 aromatic carbocycles. The molecule has 0 radical (unpaired) electrons. The Balaban J connectivity index is 1.70. The fourth-order valence-electron chi connectivity index (χ4n) is 3.02. The van der Waals surface area contributed by atoms with Crippen LogP contribution in [0.3, 0.4) is 0 Å². The van der Waals surface area contributed by atoms with Crippen LogP contribution < -0.4 is 0 Å². The molecule has 1 aromatic rings. The molecule has 1 N–H and O–H groups in total. The number of aliphatic hydroxyl groups is 1. The molecule has 0 bridgehead atoms. The minimum Gasteiger partial charge on any atom is -0.454 e. The maximum absolute atomic E-state index is 11.8. The van der Waals surface area contributed by atoms with Crippen LogP contribution in [0.4, 0.5) is 0 Å². The highest BCUT2D eigenvalue weighted by Crippen LogP contribution is 2.34. The highest BCUT2D eigenvalue weighted by Gasteiger charge is 2.34. The number of fused-ring (bicyclic) bond motifs is 1. The van der Waals surface area contributed by atoms with Gasteiger partial charge in [-0.15, -0.1) is 0 Å². The van der Waals surface area contributed by atoms with Crippen molar-refractivity contribution in [2.75, 3.05) is 13.1 Å². The lowest BCUT2D eigenvalue weighted by atomic mass is 10.00. The first kappa shape index (κ1) is 12.6. The predicted molar refractivity (Wildman–Crippen MR) is 70.9 cm³/mol. The van der Waals surface area contributed by atoms with Crippen molar-refractivity contribution in [3.63, 3.8) is 0 Å². The Kier molecular flexibility index (Phi) is 3.29. The number of esters is 1. The molecular weight excluding hydrogens is 242 g/mol. The maximum atomic E-state index is 11.8. The SMILES string of the molecule is CC(CC1OC(=O)c2ccccc21)N1CCC(O)C1. The third-order valence-corrected chi connectivity index (χ3v) is 4.15. The number of likely N-dealkylation sites (tertiary alicyclic amines) is 1. The predicted octanol–water partition coefficient (Wildman–Crippen LogP) is 1.74. The van der Waals surface area contributed by atoms with Gasteiger partial charge in [-0.1, -0.05) is 18.2 Å². The zero-order valence-corrected chi connectivity index (χ0v) is 11.1. The molecule has 0 aromatic heterocycles. The number of aliphatic hydroxyl groups excluding tert-OH is 1. The first-order chi connectivity index (χ1) is 9.15. The van der Waals surface area contributed by atoms with Crippen LogP contribution in [-0.4, -0.2) is 41.2 Å². The Bertz CT molecular complexity index is 488. The van der Waals surface area contributed by atoms with Crippen LogP contribution in [0.25, 0.3) is 0 Å². The first-order valence-electron chi connectivity index (χ1n) is 6.87. The van der Waals surface area contributed by atoms with E-state index in [0.717, 1.165) is 31.5 Å². The molecular formula is C15H19NO3. The molecule has 4 heteroatoms. The van der Waals surface area contributed by atoms with Crippen molar-refractivity contribution in [2.45, 2.75) is 38.0 Å². The van der Waals surface area contributed by atoms with Crippen molar-refractivity contribution >= 4 is 5.97 Å². The van der Waals surface area contributed by atoms with Gasteiger partial charge in [0.05, 0.1) is 11.7 Å². The van der Waals surface area contributed by atoms with Crippen LogP contribution in [0.5, 0.6) is 0 Å². The lowest BCUT2D eigenvalue weighted by Crippen LogP contribution is -2.33. The molecule has 3 unspecified atom stereocenters. The van der Waals surface area contributed by atoms with E-state index in [1.807, 2.05) is 24.3 Å². The molecule has 2 aliphatic heterocycles. The monoisotopic (exact) mass is 261 g/mol. The van der Waals surface area contributed by atoms with Crippen molar-refractivity contribution in [3.8, 4) is 0 Å². The van der Waals surface area contributed by atoms with E-state index in [4.69, 9.17) is 4.74 Å². The van der Waals surface area contributed by atoms with E-state index in [2.05, 4.69) is 11.8 Å². The summed E-state index contributed by atoms with van der Waals surface area (Å²) in [7, 11) is 0. The number of ether oxygens (including phenoxy) is 1. The molecule has 0 amide bonds. The van der Waals surface area contributed by atoms with Gasteiger partial charge in [-0.05, 0) is 19.4 Å². The zero-order valence-electron chi connectivity index (χ0n) is 11.1. The van der Waals surface area contributed by atoms with Gasteiger partial charge in [0.1, 0.15) is 6.10 Å². The number of nitrogens with zero attached hydrogens (tertiary/aromatic N) is 1. The number of benzene rings is 1. The number of rotatable bonds is 3. The number of β-amino-alcohol motifs (C(OH)–C–C–N with tert-alkyl or cyclic N) is 1. The van der Waals surface area contributed by atoms with Crippen LogP contribution in [0.2, 0.25) is 0 Å². The number of carbonyl (C=O) groups is 1. The summed E-state index contributed by atoms with van der Waals surface area (Å²) >= 11 is 0. The van der Waals surface area contributed by atoms with Gasteiger partial charge in [-0.3, -0.25) is 4.90 Å². The Labute approximate surface area is 113 Å². The van der Waals surface area contributed by atoms with Crippen LogP contribution in [-0.2, 0) is 4.74 Å². The van der Waals surface area contributed by atoms with Crippen LogP contribution in [0.1, 0.15) is 41.8 Å². The second-order valence-corrected chi connectivity index (χ2v) is 5.50. The van der Waals surface area contributed by atoms with E-state index in [1.165, 1.54) is 0 Å². The highest BCUT2D eigenvalue weighted by molar-refractivity contribution is 5.93. The summed E-state index contributed by atoms with van der Waals surface area (Å²) in [6.07, 6.45) is 1.28. The number of hydrogen-bond acceptors (Lipinski definition) is 4. The molecule has 0 spiro atoms. The van der Waals surface area contributed by atoms with Crippen molar-refractivity contribution < 1.29 is 14.6 Å². The lowest BCUT2D eigenvalue weighted by molar-refractivity contribution is 0.0302. The molecule has 3 atom stereocenters. The average molecular weight is 261 g/mol. The Morgan fingerprint density at radius 1 is 1.47 bits per heavy atom. The van der Waals surface area contributed by atoms with Crippen LogP contribution in [0.15, 0.2) is 24.3 Å². The molecule has 19 heavy (non-hydrogen) atoms. The second-order valence-electron chi connectivity index (χ2n) is 5.50. The third kappa shape index (κ3) is 2.38. The Hall–Kier alpha value is -1.39. The van der Waals surface area contributed by atoms with Crippen LogP contribution in [0, 0.1) is 0 Å². The second kappa shape index (κ2) is 4.94. The largest absolute Gasteiger partial charge is 0.454 e. The minimum atomic E-state index is -0.214. The highest BCUT2D eigenvalue weighted by atomic mass is 16.5. The van der Waals surface area contributed by atoms with Crippen molar-refractivity contribution in [2.24, 2.45) is 0 Å². The molecule has 1 fully saturated rings. The van der Waals surface area contributed by atoms with Gasteiger partial charge >= 0.3 is 5.97 Å². The summed E-state index contributed by atoms with van der Waals surface area (Å²) < 4.78 is 5.46. The molecule has 102 valence electrons. The average Bonchev–Trinajstić information content (AvgIpc) is 2.96. The van der Waals surface area contributed by atoms with Gasteiger partial charge in [0.15, 0.2) is 0 Å². The quantitative estimate of drug-likeness (QED) is 0.842. The van der Waals surface area contributed by atoms with Gasteiger partial charge < -0.3 is 9.84 Å². The molecule has 0 aliphatic carbocycles. The van der Waals surface area contributed by atoms with E-state index in [-0.39, 0.29) is 18.2 Å². The van der Waals surface area contributed by atoms with Crippen molar-refractivity contribution in [1.29, 1.82) is 0 Å². The Morgan fingerprint density at radius 2 is 2.26 bits per heavy atom. The molecule has 3 rings (SSSR count). The molecule has 1 saturated heterocycles. The van der Waals surface area contributed by atoms with E-state index < -0.39 is 0 Å². The normalized spacial score (nSPS) is 28.2. The first-order valence-corrected chi connectivity index (χ1v) is 6.87. The van der Waals surface area contributed by atoms with Gasteiger partial charge in [-0.2, -0.15) is 0 Å². The van der Waals surface area contributed by atoms with E-state index >= 15 is 0 Å². The fraction of sp³-hybridized carbons (Fsp3) is 0.533. The van der Waals surface area contributed by atoms with E-state index in [9.17, 15) is 9.90 Å². The van der Waals surface area contributed by atoms with Gasteiger partial charge in [-0.25, -0.2) is 4.79 Å². The summed E-state index contributed by atoms with van der Waals surface area (Å²) in [6, 6.07) is 7.90. The number of cyclic esters (lactones) is 1. The summed E-state index contributed by atoms with van der Waals surface area (Å²) in [6.45, 7) is 3.78. The zero-order chi connectivity index (χ0) is 13.4. The number of carbonyl (C=O) groups excluding carboxylic acids is 1. The molecule has 4 nitrogen and oxygen atoms in total. The molecule has 0 saturated carbocycles. The lowest BCUT2D eigenvalue weighted by Gasteiger charge is -2.26. The van der Waals surface area contributed by atoms with E-state index in [1.54, 1.807) is 0 Å². The van der Waals surface area contributed by atoms with Crippen molar-refractivity contribution in [3.05, 3.63) is 35.4 Å². The standard InChI is InChI=1S/C15H19NO3/c1-10(16-7-6-11(17)9-16)8-14-12-4-2-3-5-13(12)15(18)19-14/h2-5,10-11,14,17H,6-9H2,1H3. The maximum Gasteiger partial charge on any atom is 0.339 e. The topological polar surface area (TPSA) is 49.8 Å². The summed E-state index contributed by atoms with van der Waals surface area (Å²) in [5.74, 6) is -0.214. The van der Waals surface area contributed by atoms with Crippen molar-refractivity contribution in [1.82, 2.24) is 4.90 Å². The summed E-state index contributed by atoms with van der Waals surface area (Å²) in [5.41, 5.74) is 1.69. The smallest absolute Gasteiger partial charge is 0.339 e. The molecule has 2 heterocycles. The third-order valence-electron chi connectivity index (χ3n) is 4.15. The van der Waals surface area contributed by atoms with E-state index in [0.29, 0.717) is 11.6 Å². The van der Waals surface area contributed by atoms with Gasteiger partial charge in [0.25, 0.3) is 0 Å². The van der Waals surface area contributed by atoms with Gasteiger partial charge in [0.2, 0.25) is 0 Å². The molecule has 2 aliphatic rings. The van der Waals surface area contributed by atoms with Crippen LogP contribution >= 0.6 is 0 Å². The van der Waals surface area contributed by atoms with Gasteiger partial charge in [0, 0.05) is 31.1 Å².